The second-order valence-electron chi connectivity index (χ2n) is 5.91. The van der Waals surface area contributed by atoms with Crippen molar-refractivity contribution in [2.24, 2.45) is 11.1 Å². The Balaban J connectivity index is 3.07. The zero-order valence-corrected chi connectivity index (χ0v) is 14.0. The van der Waals surface area contributed by atoms with Crippen LogP contribution in [0.3, 0.4) is 0 Å². The summed E-state index contributed by atoms with van der Waals surface area (Å²) in [5.74, 6) is 0.476. The van der Waals surface area contributed by atoms with E-state index in [9.17, 15) is 8.42 Å². The first-order valence-corrected chi connectivity index (χ1v) is 8.48. The molecule has 0 saturated heterocycles. The molecule has 0 spiro atoms. The Labute approximate surface area is 127 Å². The predicted octanol–water partition coefficient (Wildman–Crippen LogP) is 0.940. The molecule has 0 fully saturated rings. The second-order valence-corrected chi connectivity index (χ2v) is 7.47. The molecule has 1 aromatic rings. The summed E-state index contributed by atoms with van der Waals surface area (Å²) < 4.78 is 22.7. The van der Waals surface area contributed by atoms with Gasteiger partial charge in [-0.25, -0.2) is 13.6 Å². The number of hydrogen-bond acceptors (Lipinski definition) is 5. The zero-order chi connectivity index (χ0) is 16.2. The van der Waals surface area contributed by atoms with Gasteiger partial charge in [0.05, 0.1) is 16.3 Å². The highest BCUT2D eigenvalue weighted by Crippen LogP contribution is 2.26. The number of anilines is 2. The van der Waals surface area contributed by atoms with E-state index in [2.05, 4.69) is 23.6 Å². The summed E-state index contributed by atoms with van der Waals surface area (Å²) in [6, 6.07) is 4.66. The van der Waals surface area contributed by atoms with Gasteiger partial charge < -0.3 is 15.5 Å². The molecule has 0 radical (unpaired) electrons. The van der Waals surface area contributed by atoms with Gasteiger partial charge in [-0.2, -0.15) is 0 Å². The molecule has 21 heavy (non-hydrogen) atoms. The predicted molar refractivity (Wildman–Crippen MR) is 87.8 cm³/mol. The van der Waals surface area contributed by atoms with Crippen LogP contribution < -0.4 is 15.8 Å². The van der Waals surface area contributed by atoms with Crippen molar-refractivity contribution >= 4 is 21.4 Å². The minimum atomic E-state index is -3.72. The molecule has 0 saturated carbocycles. The molecule has 0 bridgehead atoms. The van der Waals surface area contributed by atoms with Crippen LogP contribution in [0.5, 0.6) is 0 Å². The summed E-state index contributed by atoms with van der Waals surface area (Å²) in [4.78, 5) is 4.32. The van der Waals surface area contributed by atoms with Crippen molar-refractivity contribution in [3.63, 3.8) is 0 Å². The number of nitrogens with zero attached hydrogens (tertiary/aromatic N) is 2. The Kier molecular flexibility index (Phi) is 6.00. The molecule has 0 aliphatic carbocycles. The Bertz CT molecular complexity index is 570. The number of nitrogen functional groups attached to an aromatic ring is 1. The third-order valence-electron chi connectivity index (χ3n) is 3.07. The highest BCUT2D eigenvalue weighted by Gasteiger charge is 2.15. The lowest BCUT2D eigenvalue weighted by Crippen LogP contribution is -2.34. The molecule has 0 amide bonds. The first kappa shape index (κ1) is 17.7. The topological polar surface area (TPSA) is 92.7 Å². The number of nitrogens with two attached hydrogens (primary N) is 2. The molecule has 0 aliphatic rings. The lowest BCUT2D eigenvalue weighted by molar-refractivity contribution is 0.409. The average molecular weight is 314 g/mol. The lowest BCUT2D eigenvalue weighted by Gasteiger charge is -2.29. The van der Waals surface area contributed by atoms with E-state index in [0.717, 1.165) is 25.3 Å². The van der Waals surface area contributed by atoms with Gasteiger partial charge in [0.2, 0.25) is 10.0 Å². The summed E-state index contributed by atoms with van der Waals surface area (Å²) >= 11 is 0. The van der Waals surface area contributed by atoms with Crippen LogP contribution in [0.1, 0.15) is 13.8 Å². The number of sulfonamides is 1. The van der Waals surface area contributed by atoms with Crippen molar-refractivity contribution in [3.05, 3.63) is 18.2 Å². The van der Waals surface area contributed by atoms with Crippen LogP contribution in [0.15, 0.2) is 23.1 Å². The quantitative estimate of drug-likeness (QED) is 0.731. The maximum Gasteiger partial charge on any atom is 0.238 e. The van der Waals surface area contributed by atoms with Gasteiger partial charge in [-0.3, -0.25) is 0 Å². The molecular formula is C14H26N4O2S. The molecule has 6 nitrogen and oxygen atoms in total. The smallest absolute Gasteiger partial charge is 0.238 e. The number of hydrogen-bond donors (Lipinski definition) is 2. The summed E-state index contributed by atoms with van der Waals surface area (Å²) in [7, 11) is 0.306. The number of likely N-dealkylation sites (N-methyl/N-ethyl adjacent to an activating group) is 1. The van der Waals surface area contributed by atoms with Crippen molar-refractivity contribution in [2.75, 3.05) is 44.4 Å². The first-order chi connectivity index (χ1) is 9.61. The number of benzene rings is 1. The maximum atomic E-state index is 11.4. The van der Waals surface area contributed by atoms with Crippen molar-refractivity contribution in [1.29, 1.82) is 0 Å². The van der Waals surface area contributed by atoms with E-state index in [4.69, 9.17) is 10.9 Å². The molecule has 0 atom stereocenters. The standard InChI is InChI=1S/C14H26N4O2S/c1-11(2)10-18(8-7-17(3)4)14-6-5-12(9-13(14)15)21(16,19)20/h5-6,9,11H,7-8,10,15H2,1-4H3,(H2,16,19,20). The Morgan fingerprint density at radius 2 is 1.81 bits per heavy atom. The molecule has 4 N–H and O–H groups in total. The molecule has 1 rings (SSSR count). The first-order valence-electron chi connectivity index (χ1n) is 6.93. The van der Waals surface area contributed by atoms with Gasteiger partial charge in [-0.15, -0.1) is 0 Å². The Hall–Kier alpha value is -1.31. The van der Waals surface area contributed by atoms with Crippen molar-refractivity contribution in [1.82, 2.24) is 4.90 Å². The largest absolute Gasteiger partial charge is 0.397 e. The SMILES string of the molecule is CC(C)CN(CCN(C)C)c1ccc(S(N)(=O)=O)cc1N. The van der Waals surface area contributed by atoms with Crippen molar-refractivity contribution in [3.8, 4) is 0 Å². The number of primary sulfonamides is 1. The van der Waals surface area contributed by atoms with Crippen LogP contribution in [0.4, 0.5) is 11.4 Å². The van der Waals surface area contributed by atoms with Gasteiger partial charge in [0, 0.05) is 19.6 Å². The molecular weight excluding hydrogens is 288 g/mol. The molecule has 0 unspecified atom stereocenters. The van der Waals surface area contributed by atoms with Gasteiger partial charge in [-0.05, 0) is 38.2 Å². The van der Waals surface area contributed by atoms with E-state index in [1.807, 2.05) is 14.1 Å². The Morgan fingerprint density at radius 3 is 2.24 bits per heavy atom. The van der Waals surface area contributed by atoms with Gasteiger partial charge in [0.15, 0.2) is 0 Å². The van der Waals surface area contributed by atoms with Gasteiger partial charge in [-0.1, -0.05) is 13.8 Å². The zero-order valence-electron chi connectivity index (χ0n) is 13.2. The third-order valence-corrected chi connectivity index (χ3v) is 3.98. The average Bonchev–Trinajstić information content (AvgIpc) is 2.32. The fraction of sp³-hybridized carbons (Fsp3) is 0.571. The minimum absolute atomic E-state index is 0.0425. The van der Waals surface area contributed by atoms with Crippen LogP contribution >= 0.6 is 0 Å². The summed E-state index contributed by atoms with van der Waals surface area (Å²) in [5.41, 5.74) is 7.30. The van der Waals surface area contributed by atoms with Crippen LogP contribution in [-0.2, 0) is 10.0 Å². The lowest BCUT2D eigenvalue weighted by atomic mass is 10.1. The van der Waals surface area contributed by atoms with Crippen LogP contribution in [0, 0.1) is 5.92 Å². The molecule has 0 aromatic heterocycles. The van der Waals surface area contributed by atoms with Crippen molar-refractivity contribution in [2.45, 2.75) is 18.7 Å². The van der Waals surface area contributed by atoms with Crippen LogP contribution in [0.2, 0.25) is 0 Å². The molecule has 7 heteroatoms. The van der Waals surface area contributed by atoms with E-state index in [1.165, 1.54) is 12.1 Å². The fourth-order valence-corrected chi connectivity index (χ4v) is 2.62. The Morgan fingerprint density at radius 1 is 1.19 bits per heavy atom. The monoisotopic (exact) mass is 314 g/mol. The van der Waals surface area contributed by atoms with E-state index >= 15 is 0 Å². The number of rotatable bonds is 7. The van der Waals surface area contributed by atoms with E-state index in [0.29, 0.717) is 11.6 Å². The molecule has 0 heterocycles. The van der Waals surface area contributed by atoms with E-state index in [-0.39, 0.29) is 4.90 Å². The second kappa shape index (κ2) is 7.11. The van der Waals surface area contributed by atoms with E-state index in [1.54, 1.807) is 6.07 Å². The fourth-order valence-electron chi connectivity index (χ4n) is 2.07. The molecule has 0 aliphatic heterocycles. The summed E-state index contributed by atoms with van der Waals surface area (Å²) in [5, 5.41) is 5.13. The van der Waals surface area contributed by atoms with Crippen molar-refractivity contribution < 1.29 is 8.42 Å². The minimum Gasteiger partial charge on any atom is -0.397 e. The molecule has 1 aromatic carbocycles. The highest BCUT2D eigenvalue weighted by molar-refractivity contribution is 7.89. The molecule has 120 valence electrons. The summed E-state index contributed by atoms with van der Waals surface area (Å²) in [6.07, 6.45) is 0. The maximum absolute atomic E-state index is 11.4. The van der Waals surface area contributed by atoms with Crippen LogP contribution in [0.25, 0.3) is 0 Å². The van der Waals surface area contributed by atoms with Gasteiger partial charge >= 0.3 is 0 Å². The normalized spacial score (nSPS) is 12.1. The van der Waals surface area contributed by atoms with E-state index < -0.39 is 10.0 Å². The summed E-state index contributed by atoms with van der Waals surface area (Å²) in [6.45, 7) is 6.84. The third kappa shape index (κ3) is 5.53. The van der Waals surface area contributed by atoms with Gasteiger partial charge in [0.1, 0.15) is 0 Å². The van der Waals surface area contributed by atoms with Crippen LogP contribution in [-0.4, -0.2) is 47.0 Å². The van der Waals surface area contributed by atoms with Gasteiger partial charge in [0.25, 0.3) is 0 Å². The highest BCUT2D eigenvalue weighted by atomic mass is 32.2.